The first-order chi connectivity index (χ1) is 19.6. The molecule has 9 nitrogen and oxygen atoms in total. The van der Waals surface area contributed by atoms with Crippen molar-refractivity contribution in [2.45, 2.75) is 17.7 Å². The lowest BCUT2D eigenvalue weighted by atomic mass is 9.99. The molecule has 14 heteroatoms. The first-order valence-electron chi connectivity index (χ1n) is 12.4. The Hall–Kier alpha value is -3.46. The van der Waals surface area contributed by atoms with Gasteiger partial charge < -0.3 is 15.4 Å². The lowest BCUT2D eigenvalue weighted by Crippen LogP contribution is -2.43. The maximum atomic E-state index is 14.5. The highest BCUT2D eigenvalue weighted by Gasteiger charge is 2.33. The van der Waals surface area contributed by atoms with Gasteiger partial charge in [-0.05, 0) is 61.4 Å². The van der Waals surface area contributed by atoms with Crippen LogP contribution in [0.4, 0.5) is 19.6 Å². The van der Waals surface area contributed by atoms with E-state index in [2.05, 4.69) is 31.5 Å². The van der Waals surface area contributed by atoms with Crippen molar-refractivity contribution in [1.29, 1.82) is 0 Å². The number of benzene rings is 3. The van der Waals surface area contributed by atoms with Crippen LogP contribution in [0.3, 0.4) is 0 Å². The molecule has 1 aliphatic heterocycles. The van der Waals surface area contributed by atoms with Crippen LogP contribution in [0.5, 0.6) is 5.75 Å². The number of fused-ring (bicyclic) bond motifs is 1. The zero-order valence-electron chi connectivity index (χ0n) is 21.5. The van der Waals surface area contributed by atoms with Crippen LogP contribution in [-0.2, 0) is 14.8 Å². The van der Waals surface area contributed by atoms with Crippen molar-refractivity contribution in [3.63, 3.8) is 0 Å². The molecular formula is C27H23BrF2N4O5S2. The number of carbonyl (C=O) groups excluding carboxylic acids is 2. The number of carbonyl (C=O) groups is 2. The zero-order chi connectivity index (χ0) is 29.3. The maximum Gasteiger partial charge on any atom is 0.258 e. The summed E-state index contributed by atoms with van der Waals surface area (Å²) >= 11 is 4.46. The van der Waals surface area contributed by atoms with Gasteiger partial charge in [0.15, 0.2) is 22.5 Å². The number of hydrogen-bond acceptors (Lipinski definition) is 7. The lowest BCUT2D eigenvalue weighted by Gasteiger charge is -2.31. The van der Waals surface area contributed by atoms with Gasteiger partial charge in [-0.15, -0.1) is 0 Å². The van der Waals surface area contributed by atoms with E-state index in [1.165, 1.54) is 27.8 Å². The molecule has 1 aromatic heterocycles. The minimum absolute atomic E-state index is 0.0481. The quantitative estimate of drug-likeness (QED) is 0.264. The number of hydrogen-bond donors (Lipinski definition) is 2. The summed E-state index contributed by atoms with van der Waals surface area (Å²) in [5.74, 6) is -4.38. The predicted octanol–water partition coefficient (Wildman–Crippen LogP) is 5.64. The SMILES string of the molecule is COc1c(F)ccc(C(=O)Nc2ccc3nc(NC(=O)C4CCCN(S(=O)(=O)c5cccc(Br)c5)C4)sc3c2)c1F. The van der Waals surface area contributed by atoms with Crippen LogP contribution in [0.1, 0.15) is 23.2 Å². The summed E-state index contributed by atoms with van der Waals surface area (Å²) in [4.78, 5) is 30.3. The van der Waals surface area contributed by atoms with E-state index in [4.69, 9.17) is 4.74 Å². The molecule has 5 rings (SSSR count). The van der Waals surface area contributed by atoms with E-state index < -0.39 is 39.2 Å². The highest BCUT2D eigenvalue weighted by molar-refractivity contribution is 9.10. The number of piperidine rings is 1. The molecule has 0 bridgehead atoms. The second kappa shape index (κ2) is 11.8. The molecule has 0 saturated carbocycles. The van der Waals surface area contributed by atoms with Gasteiger partial charge in [0.25, 0.3) is 5.91 Å². The van der Waals surface area contributed by atoms with Gasteiger partial charge in [-0.2, -0.15) is 4.31 Å². The Bertz CT molecular complexity index is 1770. The smallest absolute Gasteiger partial charge is 0.258 e. The Morgan fingerprint density at radius 2 is 1.93 bits per heavy atom. The van der Waals surface area contributed by atoms with Gasteiger partial charge in [0.2, 0.25) is 15.9 Å². The van der Waals surface area contributed by atoms with E-state index in [0.29, 0.717) is 44.9 Å². The van der Waals surface area contributed by atoms with E-state index >= 15 is 0 Å². The van der Waals surface area contributed by atoms with Crippen molar-refractivity contribution in [2.24, 2.45) is 5.92 Å². The van der Waals surface area contributed by atoms with Crippen LogP contribution < -0.4 is 15.4 Å². The minimum atomic E-state index is -3.76. The zero-order valence-corrected chi connectivity index (χ0v) is 24.7. The minimum Gasteiger partial charge on any atom is -0.491 e. The summed E-state index contributed by atoms with van der Waals surface area (Å²) in [6, 6.07) is 13.2. The Kier molecular flexibility index (Phi) is 8.36. The van der Waals surface area contributed by atoms with E-state index in [-0.39, 0.29) is 22.9 Å². The summed E-state index contributed by atoms with van der Waals surface area (Å²) in [7, 11) is -2.66. The number of aromatic nitrogens is 1. The van der Waals surface area contributed by atoms with Gasteiger partial charge in [0, 0.05) is 23.2 Å². The molecule has 1 aliphatic rings. The maximum absolute atomic E-state index is 14.5. The number of nitrogens with zero attached hydrogens (tertiary/aromatic N) is 2. The van der Waals surface area contributed by atoms with Crippen LogP contribution in [0.25, 0.3) is 10.2 Å². The van der Waals surface area contributed by atoms with E-state index in [1.54, 1.807) is 30.3 Å². The molecule has 0 radical (unpaired) electrons. The number of thiazole rings is 1. The Morgan fingerprint density at radius 1 is 1.12 bits per heavy atom. The van der Waals surface area contributed by atoms with Crippen LogP contribution in [0.2, 0.25) is 0 Å². The Morgan fingerprint density at radius 3 is 2.68 bits per heavy atom. The van der Waals surface area contributed by atoms with Crippen molar-refractivity contribution < 1.29 is 31.5 Å². The highest BCUT2D eigenvalue weighted by atomic mass is 79.9. The summed E-state index contributed by atoms with van der Waals surface area (Å²) in [5.41, 5.74) is 0.511. The van der Waals surface area contributed by atoms with E-state index in [9.17, 15) is 26.8 Å². The van der Waals surface area contributed by atoms with Gasteiger partial charge in [0.1, 0.15) is 0 Å². The van der Waals surface area contributed by atoms with Crippen LogP contribution in [-0.4, -0.2) is 49.7 Å². The van der Waals surface area contributed by atoms with E-state index in [0.717, 1.165) is 19.2 Å². The van der Waals surface area contributed by atoms with Crippen molar-refractivity contribution >= 4 is 70.1 Å². The van der Waals surface area contributed by atoms with Gasteiger partial charge in [-0.25, -0.2) is 22.2 Å². The van der Waals surface area contributed by atoms with Crippen molar-refractivity contribution in [2.75, 3.05) is 30.8 Å². The number of anilines is 2. The monoisotopic (exact) mass is 664 g/mol. The molecule has 4 aromatic rings. The highest BCUT2D eigenvalue weighted by Crippen LogP contribution is 2.31. The Labute approximate surface area is 246 Å². The number of sulfonamides is 1. The fraction of sp³-hybridized carbons (Fsp3) is 0.222. The molecule has 2 N–H and O–H groups in total. The number of ether oxygens (including phenoxy) is 1. The number of nitrogens with one attached hydrogen (secondary N) is 2. The average molecular weight is 666 g/mol. The fourth-order valence-corrected chi connectivity index (χ4v) is 7.54. The van der Waals surface area contributed by atoms with Crippen LogP contribution >= 0.6 is 27.3 Å². The summed E-state index contributed by atoms with van der Waals surface area (Å²) < 4.78 is 61.8. The van der Waals surface area contributed by atoms with Gasteiger partial charge in [0.05, 0.1) is 33.7 Å². The van der Waals surface area contributed by atoms with Crippen molar-refractivity contribution in [1.82, 2.24) is 9.29 Å². The molecule has 41 heavy (non-hydrogen) atoms. The standard InChI is InChI=1S/C27H23BrF2N4O5S2/c1-39-24-20(29)9-8-19(23(24)30)26(36)31-17-7-10-21-22(13-17)40-27(32-21)33-25(35)15-4-3-11-34(14-15)41(37,38)18-6-2-5-16(28)12-18/h2,5-10,12-13,15H,3-4,11,14H2,1H3,(H,31,36)(H,32,33,35). The van der Waals surface area contributed by atoms with Gasteiger partial charge in [-0.3, -0.25) is 9.59 Å². The van der Waals surface area contributed by atoms with Gasteiger partial charge in [-0.1, -0.05) is 33.3 Å². The van der Waals surface area contributed by atoms with E-state index in [1.807, 2.05) is 0 Å². The molecule has 2 heterocycles. The third-order valence-corrected chi connectivity index (χ3v) is 9.85. The molecule has 1 fully saturated rings. The normalized spacial score (nSPS) is 16.0. The lowest BCUT2D eigenvalue weighted by molar-refractivity contribution is -0.120. The summed E-state index contributed by atoms with van der Waals surface area (Å²) in [5, 5.41) is 5.67. The van der Waals surface area contributed by atoms with Crippen LogP contribution in [0, 0.1) is 17.6 Å². The average Bonchev–Trinajstić information content (AvgIpc) is 3.34. The van der Waals surface area contributed by atoms with Crippen LogP contribution in [0.15, 0.2) is 64.0 Å². The number of rotatable bonds is 7. The number of amides is 2. The molecule has 0 spiro atoms. The fourth-order valence-electron chi connectivity index (χ4n) is 4.51. The number of methoxy groups -OCH3 is 1. The molecule has 1 atom stereocenters. The molecule has 214 valence electrons. The molecule has 1 saturated heterocycles. The molecule has 1 unspecified atom stereocenters. The predicted molar refractivity (Wildman–Crippen MR) is 155 cm³/mol. The third kappa shape index (κ3) is 6.10. The third-order valence-electron chi connectivity index (χ3n) is 6.56. The second-order valence-corrected chi connectivity index (χ2v) is 13.1. The summed E-state index contributed by atoms with van der Waals surface area (Å²) in [6.07, 6.45) is 1.07. The molecule has 0 aliphatic carbocycles. The first-order valence-corrected chi connectivity index (χ1v) is 15.4. The molecule has 2 amide bonds. The summed E-state index contributed by atoms with van der Waals surface area (Å²) in [6.45, 7) is 0.370. The largest absolute Gasteiger partial charge is 0.491 e. The topological polar surface area (TPSA) is 118 Å². The van der Waals surface area contributed by atoms with Gasteiger partial charge >= 0.3 is 0 Å². The Balaban J connectivity index is 1.27. The van der Waals surface area contributed by atoms with Crippen molar-refractivity contribution in [3.8, 4) is 5.75 Å². The number of halogens is 3. The molecule has 3 aromatic carbocycles. The molecular weight excluding hydrogens is 642 g/mol. The first kappa shape index (κ1) is 29.0. The second-order valence-electron chi connectivity index (χ2n) is 9.25. The van der Waals surface area contributed by atoms with Crippen molar-refractivity contribution in [3.05, 3.63) is 76.3 Å².